The van der Waals surface area contributed by atoms with Crippen LogP contribution >= 0.6 is 0 Å². The summed E-state index contributed by atoms with van der Waals surface area (Å²) in [6.45, 7) is -2.01. The fourth-order valence-electron chi connectivity index (χ4n) is 4.18. The van der Waals surface area contributed by atoms with Crippen LogP contribution in [0.2, 0.25) is 0 Å². The molecule has 3 saturated heterocycles. The largest absolute Gasteiger partial charge is 0.394 e. The fourth-order valence-corrected chi connectivity index (χ4v) is 4.18. The molecule has 0 bridgehead atoms. The van der Waals surface area contributed by atoms with E-state index in [-0.39, 0.29) is 6.42 Å². The summed E-state index contributed by atoms with van der Waals surface area (Å²) >= 11 is 0. The highest BCUT2D eigenvalue weighted by Gasteiger charge is 2.54. The van der Waals surface area contributed by atoms with Crippen molar-refractivity contribution in [1.29, 1.82) is 0 Å². The van der Waals surface area contributed by atoms with E-state index in [1.807, 2.05) is 0 Å². The van der Waals surface area contributed by atoms with Gasteiger partial charge in [0.25, 0.3) is 5.97 Å². The van der Waals surface area contributed by atoms with Crippen molar-refractivity contribution in [2.45, 2.75) is 92.4 Å². The summed E-state index contributed by atoms with van der Waals surface area (Å²) in [5.41, 5.74) is 0. The molecule has 3 aliphatic rings. The summed E-state index contributed by atoms with van der Waals surface area (Å²) in [7, 11) is 1.16. The number of ether oxygens (including phenoxy) is 6. The topological polar surface area (TPSA) is 237 Å². The molecule has 200 valence electrons. The number of aliphatic hydroxyl groups excluding tert-OH is 9. The number of hydrogen-bond donors (Lipinski definition) is 9. The molecule has 0 radical (unpaired) electrons. The van der Waals surface area contributed by atoms with Crippen LogP contribution in [0.25, 0.3) is 0 Å². The first-order valence-corrected chi connectivity index (χ1v) is 10.9. The molecule has 15 nitrogen and oxygen atoms in total. The second-order valence-electron chi connectivity index (χ2n) is 8.49. The Labute approximate surface area is 194 Å². The van der Waals surface area contributed by atoms with Gasteiger partial charge in [0, 0.05) is 13.5 Å². The van der Waals surface area contributed by atoms with E-state index in [4.69, 9.17) is 28.4 Å². The van der Waals surface area contributed by atoms with Crippen molar-refractivity contribution in [3.05, 3.63) is 0 Å². The zero-order chi connectivity index (χ0) is 25.2. The Morgan fingerprint density at radius 3 is 1.97 bits per heavy atom. The molecular weight excluding hydrogens is 468 g/mol. The zero-order valence-electron chi connectivity index (χ0n) is 18.4. The second-order valence-corrected chi connectivity index (χ2v) is 8.49. The van der Waals surface area contributed by atoms with E-state index < -0.39 is 106 Å². The van der Waals surface area contributed by atoms with Crippen LogP contribution < -0.4 is 0 Å². The van der Waals surface area contributed by atoms with Gasteiger partial charge < -0.3 is 69.6 Å². The molecule has 0 unspecified atom stereocenters. The van der Waals surface area contributed by atoms with Crippen molar-refractivity contribution >= 4 is 0 Å². The van der Waals surface area contributed by atoms with Crippen LogP contribution in [0.4, 0.5) is 0 Å². The summed E-state index contributed by atoms with van der Waals surface area (Å²) in [6, 6.07) is 0. The fraction of sp³-hybridized carbons (Fsp3) is 1.00. The average Bonchev–Trinajstić information content (AvgIpc) is 2.83. The molecule has 9 N–H and O–H groups in total. The quantitative estimate of drug-likeness (QED) is 0.141. The molecule has 3 rings (SSSR count). The van der Waals surface area contributed by atoms with Gasteiger partial charge in [-0.15, -0.1) is 0 Å². The van der Waals surface area contributed by atoms with Crippen LogP contribution in [0.5, 0.6) is 0 Å². The van der Waals surface area contributed by atoms with E-state index in [1.165, 1.54) is 0 Å². The highest BCUT2D eigenvalue weighted by molar-refractivity contribution is 4.92. The maximum Gasteiger partial charge on any atom is 0.288 e. The summed E-state index contributed by atoms with van der Waals surface area (Å²) in [5.74, 6) is -2.10. The van der Waals surface area contributed by atoms with Crippen molar-refractivity contribution in [2.75, 3.05) is 26.9 Å². The van der Waals surface area contributed by atoms with Crippen LogP contribution in [0.1, 0.15) is 12.8 Å². The predicted octanol–water partition coefficient (Wildman–Crippen LogP) is -5.54. The lowest BCUT2D eigenvalue weighted by molar-refractivity contribution is -0.474. The van der Waals surface area contributed by atoms with Crippen LogP contribution in [0.3, 0.4) is 0 Å². The molecule has 0 amide bonds. The third kappa shape index (κ3) is 5.69. The third-order valence-corrected chi connectivity index (χ3v) is 6.22. The van der Waals surface area contributed by atoms with Crippen LogP contribution in [-0.2, 0) is 28.4 Å². The molecule has 0 aromatic rings. The molecule has 15 heteroatoms. The maximum atomic E-state index is 10.6. The van der Waals surface area contributed by atoms with Crippen molar-refractivity contribution in [3.8, 4) is 0 Å². The number of aliphatic hydroxyl groups is 9. The summed E-state index contributed by atoms with van der Waals surface area (Å²) in [5, 5.41) is 89.2. The van der Waals surface area contributed by atoms with Crippen molar-refractivity contribution in [2.24, 2.45) is 0 Å². The molecule has 0 aromatic carbocycles. The first kappa shape index (κ1) is 28.0. The molecular formula is C19H34O15. The minimum atomic E-state index is -2.10. The van der Waals surface area contributed by atoms with E-state index in [9.17, 15) is 46.0 Å². The van der Waals surface area contributed by atoms with E-state index in [0.717, 1.165) is 7.11 Å². The first-order valence-electron chi connectivity index (χ1n) is 10.9. The Morgan fingerprint density at radius 1 is 0.765 bits per heavy atom. The number of rotatable bonds is 8. The van der Waals surface area contributed by atoms with Gasteiger partial charge >= 0.3 is 0 Å². The lowest BCUT2D eigenvalue weighted by Crippen LogP contribution is -2.64. The van der Waals surface area contributed by atoms with Gasteiger partial charge in [-0.3, -0.25) is 4.74 Å². The van der Waals surface area contributed by atoms with Crippen LogP contribution in [0, 0.1) is 0 Å². The van der Waals surface area contributed by atoms with Gasteiger partial charge in [-0.25, -0.2) is 0 Å². The average molecular weight is 502 g/mol. The molecule has 0 spiro atoms. The Hall–Kier alpha value is -0.600. The maximum absolute atomic E-state index is 10.6. The summed E-state index contributed by atoms with van der Waals surface area (Å²) < 4.78 is 33.0. The van der Waals surface area contributed by atoms with Gasteiger partial charge in [0.2, 0.25) is 0 Å². The molecule has 0 aromatic heterocycles. The van der Waals surface area contributed by atoms with Gasteiger partial charge in [-0.05, 0) is 0 Å². The Morgan fingerprint density at radius 2 is 1.38 bits per heavy atom. The Bertz CT molecular complexity index is 639. The number of methoxy groups -OCH3 is 1. The zero-order valence-corrected chi connectivity index (χ0v) is 18.4. The van der Waals surface area contributed by atoms with E-state index in [2.05, 4.69) is 0 Å². The Balaban J connectivity index is 1.77. The van der Waals surface area contributed by atoms with E-state index in [1.54, 1.807) is 0 Å². The van der Waals surface area contributed by atoms with E-state index in [0.29, 0.717) is 0 Å². The molecule has 0 saturated carbocycles. The Kier molecular flexibility index (Phi) is 9.57. The monoisotopic (exact) mass is 502 g/mol. The van der Waals surface area contributed by atoms with Crippen molar-refractivity contribution in [1.82, 2.24) is 0 Å². The molecule has 0 aliphatic carbocycles. The smallest absolute Gasteiger partial charge is 0.288 e. The van der Waals surface area contributed by atoms with Gasteiger partial charge in [-0.2, -0.15) is 0 Å². The highest BCUT2D eigenvalue weighted by atomic mass is 16.9. The second kappa shape index (κ2) is 11.6. The molecule has 3 fully saturated rings. The van der Waals surface area contributed by atoms with Gasteiger partial charge in [0.05, 0.1) is 38.4 Å². The third-order valence-electron chi connectivity index (χ3n) is 6.22. The standard InChI is InChI=1S/C19H34O15/c1-29-19(34-18-17(28)16(27)15(26)10(5-21)32-18)3-8(14(25)11(6-22)33-19)30-12-2-7(23)13(24)9(4-20)31-12/h7-18,20-28H,2-6H2,1H3/t7-,8-,9-,10-,11-,12-,13+,14+,15-,16+,17-,18+,19+/m1/s1. The minimum absolute atomic E-state index is 0.195. The minimum Gasteiger partial charge on any atom is -0.394 e. The normalized spacial score (nSPS) is 50.3. The van der Waals surface area contributed by atoms with Crippen LogP contribution in [0.15, 0.2) is 0 Å². The predicted molar refractivity (Wildman–Crippen MR) is 104 cm³/mol. The summed E-state index contributed by atoms with van der Waals surface area (Å²) in [6.07, 6.45) is -17.6. The lowest BCUT2D eigenvalue weighted by atomic mass is 9.98. The van der Waals surface area contributed by atoms with Gasteiger partial charge in [-0.1, -0.05) is 0 Å². The molecule has 3 aliphatic heterocycles. The first-order chi connectivity index (χ1) is 16.1. The molecule has 3 heterocycles. The molecule has 34 heavy (non-hydrogen) atoms. The lowest BCUT2D eigenvalue weighted by Gasteiger charge is -2.49. The van der Waals surface area contributed by atoms with Crippen molar-refractivity contribution < 1.29 is 74.4 Å². The van der Waals surface area contributed by atoms with Crippen molar-refractivity contribution in [3.63, 3.8) is 0 Å². The van der Waals surface area contributed by atoms with Gasteiger partial charge in [0.1, 0.15) is 48.8 Å². The van der Waals surface area contributed by atoms with Crippen LogP contribution in [-0.4, -0.2) is 152 Å². The number of hydrogen-bond acceptors (Lipinski definition) is 15. The van der Waals surface area contributed by atoms with Gasteiger partial charge in [0.15, 0.2) is 12.6 Å². The SMILES string of the molecule is CO[C@@]1(O[C@@H]2O[C@H](CO)[C@@H](O)[C@H](O)[C@H]2O)C[C@@H](O[C@H]2C[C@@H](O)[C@H](O)[C@@H](CO)O2)[C@H](O)[C@@H](CO)O1. The highest BCUT2D eigenvalue weighted by Crippen LogP contribution is 2.37. The van der Waals surface area contributed by atoms with E-state index >= 15 is 0 Å². The molecule has 13 atom stereocenters. The summed E-state index contributed by atoms with van der Waals surface area (Å²) in [4.78, 5) is 0.